The summed E-state index contributed by atoms with van der Waals surface area (Å²) >= 11 is 0. The quantitative estimate of drug-likeness (QED) is 0.901. The van der Waals surface area contributed by atoms with Gasteiger partial charge in [0.05, 0.1) is 5.56 Å². The van der Waals surface area contributed by atoms with Crippen molar-refractivity contribution in [3.8, 4) is 0 Å². The van der Waals surface area contributed by atoms with Crippen molar-refractivity contribution in [3.05, 3.63) is 29.6 Å². The summed E-state index contributed by atoms with van der Waals surface area (Å²) in [6.45, 7) is 0.751. The van der Waals surface area contributed by atoms with Gasteiger partial charge < -0.3 is 10.0 Å². The minimum atomic E-state index is -1.04. The highest BCUT2D eigenvalue weighted by Crippen LogP contribution is 2.25. The smallest absolute Gasteiger partial charge is 0.337 e. The van der Waals surface area contributed by atoms with Crippen LogP contribution < -0.4 is 0 Å². The number of aromatic nitrogens is 1. The average molecular weight is 262 g/mol. The van der Waals surface area contributed by atoms with Crippen molar-refractivity contribution in [2.24, 2.45) is 5.92 Å². The molecule has 1 amide bonds. The molecule has 2 rings (SSSR count). The van der Waals surface area contributed by atoms with Crippen LogP contribution in [0.5, 0.6) is 0 Å². The number of nitrogens with zero attached hydrogens (tertiary/aromatic N) is 2. The van der Waals surface area contributed by atoms with E-state index in [-0.39, 0.29) is 11.5 Å². The molecule has 1 aliphatic rings. The van der Waals surface area contributed by atoms with Gasteiger partial charge in [-0.25, -0.2) is 4.79 Å². The summed E-state index contributed by atoms with van der Waals surface area (Å²) in [4.78, 5) is 28.4. The van der Waals surface area contributed by atoms with Gasteiger partial charge in [-0.15, -0.1) is 0 Å². The Hall–Kier alpha value is -1.91. The first kappa shape index (κ1) is 13.5. The SMILES string of the molecule is CN(CC1CCCC1)C(=O)c1ccc(C(=O)O)cn1. The van der Waals surface area contributed by atoms with Crippen molar-refractivity contribution >= 4 is 11.9 Å². The van der Waals surface area contributed by atoms with Gasteiger partial charge in [-0.1, -0.05) is 12.8 Å². The number of pyridine rings is 1. The van der Waals surface area contributed by atoms with E-state index in [9.17, 15) is 9.59 Å². The lowest BCUT2D eigenvalue weighted by atomic mass is 10.1. The second kappa shape index (κ2) is 5.82. The molecule has 0 saturated heterocycles. The highest BCUT2D eigenvalue weighted by Gasteiger charge is 2.21. The zero-order valence-corrected chi connectivity index (χ0v) is 11.0. The largest absolute Gasteiger partial charge is 0.478 e. The molecule has 5 heteroatoms. The Kier molecular flexibility index (Phi) is 4.14. The van der Waals surface area contributed by atoms with E-state index in [4.69, 9.17) is 5.11 Å². The molecule has 0 aliphatic heterocycles. The molecule has 0 bridgehead atoms. The Bertz CT molecular complexity index is 464. The first-order chi connectivity index (χ1) is 9.08. The van der Waals surface area contributed by atoms with Crippen molar-refractivity contribution in [1.29, 1.82) is 0 Å². The molecule has 1 N–H and O–H groups in total. The van der Waals surface area contributed by atoms with Crippen molar-refractivity contribution in [2.75, 3.05) is 13.6 Å². The predicted octanol–water partition coefficient (Wildman–Crippen LogP) is 2.04. The minimum absolute atomic E-state index is 0.0926. The number of carboxylic acids is 1. The molecular formula is C14H18N2O3. The van der Waals surface area contributed by atoms with Crippen molar-refractivity contribution in [2.45, 2.75) is 25.7 Å². The fraction of sp³-hybridized carbons (Fsp3) is 0.500. The van der Waals surface area contributed by atoms with E-state index in [0.717, 1.165) is 6.54 Å². The van der Waals surface area contributed by atoms with Gasteiger partial charge in [0.1, 0.15) is 5.69 Å². The highest BCUT2D eigenvalue weighted by molar-refractivity contribution is 5.93. The van der Waals surface area contributed by atoms with Crippen LogP contribution >= 0.6 is 0 Å². The molecular weight excluding hydrogens is 244 g/mol. The Morgan fingerprint density at radius 2 is 2.05 bits per heavy atom. The van der Waals surface area contributed by atoms with E-state index in [1.54, 1.807) is 11.9 Å². The zero-order valence-electron chi connectivity index (χ0n) is 11.0. The number of rotatable bonds is 4. The maximum atomic E-state index is 12.1. The van der Waals surface area contributed by atoms with Crippen LogP contribution in [0.4, 0.5) is 0 Å². The summed E-state index contributed by atoms with van der Waals surface area (Å²) in [7, 11) is 1.77. The summed E-state index contributed by atoms with van der Waals surface area (Å²) in [5.74, 6) is -0.595. The zero-order chi connectivity index (χ0) is 13.8. The van der Waals surface area contributed by atoms with Gasteiger partial charge in [-0.3, -0.25) is 9.78 Å². The summed E-state index contributed by atoms with van der Waals surface area (Å²) in [6.07, 6.45) is 6.08. The van der Waals surface area contributed by atoms with E-state index in [1.165, 1.54) is 44.0 Å². The van der Waals surface area contributed by atoms with Crippen LogP contribution in [0.15, 0.2) is 18.3 Å². The highest BCUT2D eigenvalue weighted by atomic mass is 16.4. The van der Waals surface area contributed by atoms with Crippen LogP contribution in [-0.4, -0.2) is 40.5 Å². The normalized spacial score (nSPS) is 15.4. The summed E-state index contributed by atoms with van der Waals surface area (Å²) in [5, 5.41) is 8.78. The third-order valence-corrected chi connectivity index (χ3v) is 3.58. The van der Waals surface area contributed by atoms with Gasteiger partial charge in [0.2, 0.25) is 0 Å². The monoisotopic (exact) mass is 262 g/mol. The predicted molar refractivity (Wildman–Crippen MR) is 70.1 cm³/mol. The minimum Gasteiger partial charge on any atom is -0.478 e. The molecule has 0 aromatic carbocycles. The van der Waals surface area contributed by atoms with Gasteiger partial charge in [0.25, 0.3) is 5.91 Å². The van der Waals surface area contributed by atoms with E-state index in [0.29, 0.717) is 11.6 Å². The number of hydrogen-bond donors (Lipinski definition) is 1. The van der Waals surface area contributed by atoms with E-state index >= 15 is 0 Å². The Balaban J connectivity index is 1.99. The number of aromatic carboxylic acids is 1. The van der Waals surface area contributed by atoms with E-state index < -0.39 is 5.97 Å². The van der Waals surface area contributed by atoms with Crippen LogP contribution in [0.3, 0.4) is 0 Å². The standard InChI is InChI=1S/C14H18N2O3/c1-16(9-10-4-2-3-5-10)13(17)12-7-6-11(8-15-12)14(18)19/h6-8,10H,2-5,9H2,1H3,(H,18,19). The fourth-order valence-electron chi connectivity index (χ4n) is 2.51. The Morgan fingerprint density at radius 1 is 1.37 bits per heavy atom. The fourth-order valence-corrected chi connectivity index (χ4v) is 2.51. The average Bonchev–Trinajstić information content (AvgIpc) is 2.90. The maximum Gasteiger partial charge on any atom is 0.337 e. The molecule has 1 aliphatic carbocycles. The van der Waals surface area contributed by atoms with Crippen LogP contribution in [0.1, 0.15) is 46.5 Å². The number of amides is 1. The molecule has 0 unspecified atom stereocenters. The summed E-state index contributed by atoms with van der Waals surface area (Å²) < 4.78 is 0. The molecule has 19 heavy (non-hydrogen) atoms. The number of carboxylic acid groups (broad SMARTS) is 1. The maximum absolute atomic E-state index is 12.1. The van der Waals surface area contributed by atoms with Crippen molar-refractivity contribution < 1.29 is 14.7 Å². The number of hydrogen-bond acceptors (Lipinski definition) is 3. The van der Waals surface area contributed by atoms with E-state index in [2.05, 4.69) is 4.98 Å². The molecule has 1 heterocycles. The van der Waals surface area contributed by atoms with Crippen LogP contribution in [-0.2, 0) is 0 Å². The Morgan fingerprint density at radius 3 is 2.58 bits per heavy atom. The molecule has 0 spiro atoms. The van der Waals surface area contributed by atoms with Crippen molar-refractivity contribution in [1.82, 2.24) is 9.88 Å². The van der Waals surface area contributed by atoms with Crippen LogP contribution in [0.25, 0.3) is 0 Å². The van der Waals surface area contributed by atoms with Crippen molar-refractivity contribution in [3.63, 3.8) is 0 Å². The molecule has 0 atom stereocenters. The summed E-state index contributed by atoms with van der Waals surface area (Å²) in [6, 6.07) is 2.88. The lowest BCUT2D eigenvalue weighted by Gasteiger charge is -2.20. The summed E-state index contributed by atoms with van der Waals surface area (Å²) in [5.41, 5.74) is 0.389. The van der Waals surface area contributed by atoms with Gasteiger partial charge >= 0.3 is 5.97 Å². The molecule has 1 saturated carbocycles. The molecule has 1 fully saturated rings. The Labute approximate surface area is 112 Å². The first-order valence-corrected chi connectivity index (χ1v) is 6.52. The second-order valence-electron chi connectivity index (χ2n) is 5.07. The van der Waals surface area contributed by atoms with Gasteiger partial charge in [-0.2, -0.15) is 0 Å². The third kappa shape index (κ3) is 3.30. The van der Waals surface area contributed by atoms with Gasteiger partial charge in [-0.05, 0) is 30.9 Å². The molecule has 1 aromatic heterocycles. The first-order valence-electron chi connectivity index (χ1n) is 6.52. The van der Waals surface area contributed by atoms with E-state index in [1.807, 2.05) is 0 Å². The number of carbonyl (C=O) groups is 2. The molecule has 0 radical (unpaired) electrons. The lowest BCUT2D eigenvalue weighted by molar-refractivity contribution is 0.0693. The third-order valence-electron chi connectivity index (χ3n) is 3.58. The number of carbonyl (C=O) groups excluding carboxylic acids is 1. The molecule has 5 nitrogen and oxygen atoms in total. The lowest BCUT2D eigenvalue weighted by Crippen LogP contribution is -2.31. The van der Waals surface area contributed by atoms with Crippen LogP contribution in [0, 0.1) is 5.92 Å². The molecule has 102 valence electrons. The van der Waals surface area contributed by atoms with Gasteiger partial charge in [0.15, 0.2) is 0 Å². The second-order valence-corrected chi connectivity index (χ2v) is 5.07. The van der Waals surface area contributed by atoms with Gasteiger partial charge in [0, 0.05) is 19.8 Å². The topological polar surface area (TPSA) is 70.5 Å². The molecule has 1 aromatic rings. The van der Waals surface area contributed by atoms with Crippen LogP contribution in [0.2, 0.25) is 0 Å².